The summed E-state index contributed by atoms with van der Waals surface area (Å²) >= 11 is 6.42. The van der Waals surface area contributed by atoms with Crippen molar-refractivity contribution in [3.8, 4) is 5.75 Å². The largest absolute Gasteiger partial charge is 0.490 e. The topological polar surface area (TPSA) is 125 Å². The summed E-state index contributed by atoms with van der Waals surface area (Å²) in [4.78, 5) is 53.1. The molecule has 2 atom stereocenters. The van der Waals surface area contributed by atoms with Gasteiger partial charge < -0.3 is 24.8 Å². The molecule has 0 unspecified atom stereocenters. The van der Waals surface area contributed by atoms with Crippen LogP contribution in [0.25, 0.3) is 0 Å². The maximum atomic E-state index is 13.6. The summed E-state index contributed by atoms with van der Waals surface area (Å²) in [7, 11) is 0. The normalized spacial score (nSPS) is 19.0. The van der Waals surface area contributed by atoms with E-state index >= 15 is 0 Å². The Morgan fingerprint density at radius 1 is 1.11 bits per heavy atom. The van der Waals surface area contributed by atoms with Gasteiger partial charge in [0.2, 0.25) is 11.8 Å². The highest BCUT2D eigenvalue weighted by atomic mass is 35.5. The molecule has 1 aliphatic heterocycles. The highest BCUT2D eigenvalue weighted by Gasteiger charge is 2.32. The fourth-order valence-corrected chi connectivity index (χ4v) is 4.88. The van der Waals surface area contributed by atoms with Crippen LogP contribution in [0.1, 0.15) is 42.1 Å². The molecule has 38 heavy (non-hydrogen) atoms. The third-order valence-electron chi connectivity index (χ3n) is 6.52. The van der Waals surface area contributed by atoms with Crippen LogP contribution in [0.3, 0.4) is 0 Å². The first-order valence-corrected chi connectivity index (χ1v) is 12.8. The van der Waals surface area contributed by atoms with Crippen molar-refractivity contribution in [2.75, 3.05) is 31.2 Å². The number of esters is 1. The zero-order chi connectivity index (χ0) is 27.2. The lowest BCUT2D eigenvalue weighted by atomic mass is 10.1. The van der Waals surface area contributed by atoms with Gasteiger partial charge in [-0.3, -0.25) is 24.1 Å². The number of rotatable bonds is 8. The highest BCUT2D eigenvalue weighted by molar-refractivity contribution is 6.34. The number of hydrogen-bond acceptors (Lipinski definition) is 7. The van der Waals surface area contributed by atoms with Gasteiger partial charge in [-0.15, -0.1) is 0 Å². The van der Waals surface area contributed by atoms with Crippen LogP contribution in [0, 0.1) is 0 Å². The van der Waals surface area contributed by atoms with Crippen LogP contribution in [-0.4, -0.2) is 72.1 Å². The number of aliphatic hydroxyl groups excluding tert-OH is 1. The van der Waals surface area contributed by atoms with Crippen molar-refractivity contribution in [2.45, 2.75) is 44.9 Å². The lowest BCUT2D eigenvalue weighted by molar-refractivity contribution is -0.141. The molecule has 10 nitrogen and oxygen atoms in total. The van der Waals surface area contributed by atoms with Crippen LogP contribution >= 0.6 is 11.6 Å². The SMILES string of the molecule is CC(=O)OCCOc1ccc(C(=O)N2CC(=O)N(CC(=O)N[C@H]3CCC[C@@H]3O)Cc3ccccc32)c(Cl)c1. The van der Waals surface area contributed by atoms with E-state index < -0.39 is 23.9 Å². The molecule has 2 aliphatic rings. The summed E-state index contributed by atoms with van der Waals surface area (Å²) in [6, 6.07) is 11.4. The molecule has 2 aromatic rings. The first kappa shape index (κ1) is 27.4. The summed E-state index contributed by atoms with van der Waals surface area (Å²) in [5, 5.41) is 13.0. The van der Waals surface area contributed by atoms with Crippen LogP contribution < -0.4 is 15.0 Å². The molecular formula is C27H30ClN3O7. The molecule has 202 valence electrons. The monoisotopic (exact) mass is 543 g/mol. The Bertz CT molecular complexity index is 1220. The molecule has 1 aliphatic carbocycles. The Morgan fingerprint density at radius 2 is 1.89 bits per heavy atom. The minimum absolute atomic E-state index is 0.0794. The molecule has 1 fully saturated rings. The van der Waals surface area contributed by atoms with Crippen molar-refractivity contribution < 1.29 is 33.8 Å². The number of fused-ring (bicyclic) bond motifs is 1. The molecule has 0 spiro atoms. The predicted octanol–water partition coefficient (Wildman–Crippen LogP) is 2.30. The van der Waals surface area contributed by atoms with Crippen molar-refractivity contribution in [3.05, 3.63) is 58.6 Å². The number of para-hydroxylation sites is 1. The summed E-state index contributed by atoms with van der Waals surface area (Å²) < 4.78 is 10.3. The number of benzene rings is 2. The quantitative estimate of drug-likeness (QED) is 0.386. The maximum Gasteiger partial charge on any atom is 0.302 e. The number of carbonyl (C=O) groups excluding carboxylic acids is 4. The highest BCUT2D eigenvalue weighted by Crippen LogP contribution is 2.30. The van der Waals surface area contributed by atoms with E-state index in [1.54, 1.807) is 24.3 Å². The molecule has 1 heterocycles. The second-order valence-corrected chi connectivity index (χ2v) is 9.68. The summed E-state index contributed by atoms with van der Waals surface area (Å²) in [5.41, 5.74) is 1.45. The Morgan fingerprint density at radius 3 is 2.61 bits per heavy atom. The van der Waals surface area contributed by atoms with Gasteiger partial charge in [-0.2, -0.15) is 0 Å². The zero-order valence-corrected chi connectivity index (χ0v) is 21.8. The molecule has 2 N–H and O–H groups in total. The van der Waals surface area contributed by atoms with Gasteiger partial charge in [0.15, 0.2) is 0 Å². The molecule has 11 heteroatoms. The van der Waals surface area contributed by atoms with Gasteiger partial charge in [0.25, 0.3) is 5.91 Å². The lowest BCUT2D eigenvalue weighted by Crippen LogP contribution is -2.47. The van der Waals surface area contributed by atoms with Crippen molar-refractivity contribution >= 4 is 41.0 Å². The molecule has 2 aromatic carbocycles. The first-order valence-electron chi connectivity index (χ1n) is 12.4. The van der Waals surface area contributed by atoms with Crippen molar-refractivity contribution in [1.82, 2.24) is 10.2 Å². The van der Waals surface area contributed by atoms with Crippen molar-refractivity contribution in [3.63, 3.8) is 0 Å². The van der Waals surface area contributed by atoms with E-state index in [4.69, 9.17) is 21.1 Å². The van der Waals surface area contributed by atoms with Gasteiger partial charge in [0.05, 0.1) is 29.3 Å². The standard InChI is InChI=1S/C27H30ClN3O7/c1-17(32)37-11-12-38-19-9-10-20(21(28)13-19)27(36)31-16-26(35)30(14-18-5-2-3-7-23(18)31)15-25(34)29-22-6-4-8-24(22)33/h2-3,5,7,9-10,13,22,24,33H,4,6,8,11-12,14-16H2,1H3,(H,29,34)/t22-,24-/m0/s1. The number of halogens is 1. The van der Waals surface area contributed by atoms with E-state index in [9.17, 15) is 24.3 Å². The predicted molar refractivity (Wildman–Crippen MR) is 139 cm³/mol. The summed E-state index contributed by atoms with van der Waals surface area (Å²) in [6.45, 7) is 1.21. The molecule has 0 saturated heterocycles. The van der Waals surface area contributed by atoms with Crippen molar-refractivity contribution in [1.29, 1.82) is 0 Å². The number of amides is 3. The average molecular weight is 544 g/mol. The fourth-order valence-electron chi connectivity index (χ4n) is 4.63. The number of ether oxygens (including phenoxy) is 2. The van der Waals surface area contributed by atoms with Gasteiger partial charge in [-0.25, -0.2) is 0 Å². The third kappa shape index (κ3) is 6.62. The molecule has 1 saturated carbocycles. The Hall–Kier alpha value is -3.63. The first-order chi connectivity index (χ1) is 18.2. The van der Waals surface area contributed by atoms with Crippen LogP contribution in [0.2, 0.25) is 5.02 Å². The summed E-state index contributed by atoms with van der Waals surface area (Å²) in [6.07, 6.45) is 1.59. The average Bonchev–Trinajstić information content (AvgIpc) is 3.22. The second kappa shape index (κ2) is 12.3. The Balaban J connectivity index is 1.48. The van der Waals surface area contributed by atoms with E-state index in [0.29, 0.717) is 29.8 Å². The number of aliphatic hydroxyl groups is 1. The van der Waals surface area contributed by atoms with E-state index in [1.807, 2.05) is 6.07 Å². The zero-order valence-electron chi connectivity index (χ0n) is 21.0. The van der Waals surface area contributed by atoms with Gasteiger partial charge in [0, 0.05) is 19.2 Å². The van der Waals surface area contributed by atoms with Gasteiger partial charge in [-0.05, 0) is 49.1 Å². The smallest absolute Gasteiger partial charge is 0.302 e. The molecule has 0 aromatic heterocycles. The lowest BCUT2D eigenvalue weighted by Gasteiger charge is -2.24. The maximum absolute atomic E-state index is 13.6. The number of nitrogens with one attached hydrogen (secondary N) is 1. The third-order valence-corrected chi connectivity index (χ3v) is 6.84. The van der Waals surface area contributed by atoms with E-state index in [0.717, 1.165) is 6.42 Å². The number of carbonyl (C=O) groups is 4. The number of hydrogen-bond donors (Lipinski definition) is 2. The molecule has 3 amide bonds. The van der Waals surface area contributed by atoms with E-state index in [1.165, 1.54) is 28.9 Å². The Kier molecular flexibility index (Phi) is 8.85. The van der Waals surface area contributed by atoms with Crippen molar-refractivity contribution in [2.24, 2.45) is 0 Å². The minimum atomic E-state index is -0.581. The molecular weight excluding hydrogens is 514 g/mol. The van der Waals surface area contributed by atoms with E-state index in [2.05, 4.69) is 5.32 Å². The number of anilines is 1. The van der Waals surface area contributed by atoms with Gasteiger partial charge >= 0.3 is 5.97 Å². The van der Waals surface area contributed by atoms with E-state index in [-0.39, 0.29) is 55.4 Å². The molecule has 0 radical (unpaired) electrons. The fraction of sp³-hybridized carbons (Fsp3) is 0.407. The second-order valence-electron chi connectivity index (χ2n) is 9.27. The number of nitrogens with zero attached hydrogens (tertiary/aromatic N) is 2. The van der Waals surface area contributed by atoms with Crippen LogP contribution in [0.4, 0.5) is 5.69 Å². The minimum Gasteiger partial charge on any atom is -0.490 e. The molecule has 0 bridgehead atoms. The van der Waals surface area contributed by atoms with Gasteiger partial charge in [0.1, 0.15) is 25.5 Å². The van der Waals surface area contributed by atoms with Crippen LogP contribution in [-0.2, 0) is 25.7 Å². The van der Waals surface area contributed by atoms with Crippen LogP contribution in [0.15, 0.2) is 42.5 Å². The Labute approximate surface area is 225 Å². The summed E-state index contributed by atoms with van der Waals surface area (Å²) in [5.74, 6) is -1.22. The molecule has 4 rings (SSSR count). The van der Waals surface area contributed by atoms with Crippen LogP contribution in [0.5, 0.6) is 5.75 Å². The van der Waals surface area contributed by atoms with Gasteiger partial charge in [-0.1, -0.05) is 29.8 Å².